The van der Waals surface area contributed by atoms with Gasteiger partial charge in [-0.2, -0.15) is 5.26 Å². The predicted molar refractivity (Wildman–Crippen MR) is 70.6 cm³/mol. The Morgan fingerprint density at radius 2 is 2.22 bits per heavy atom. The summed E-state index contributed by atoms with van der Waals surface area (Å²) in [5, 5.41) is 9.07. The summed E-state index contributed by atoms with van der Waals surface area (Å²) in [5.41, 5.74) is 3.46. The number of nitrogens with zero attached hydrogens (tertiary/aromatic N) is 2. The van der Waals surface area contributed by atoms with E-state index >= 15 is 0 Å². The second-order valence-electron chi connectivity index (χ2n) is 4.05. The molecule has 1 rings (SSSR count). The van der Waals surface area contributed by atoms with Crippen molar-refractivity contribution in [3.8, 4) is 6.07 Å². The number of amides is 1. The Hall–Kier alpha value is -2.06. The number of carbonyl (C=O) groups excluding carboxylic acids is 1. The summed E-state index contributed by atoms with van der Waals surface area (Å²) in [6.45, 7) is 2.00. The minimum atomic E-state index is -0.366. The van der Waals surface area contributed by atoms with E-state index < -0.39 is 0 Å². The zero-order valence-corrected chi connectivity index (χ0v) is 10.7. The maximum Gasteiger partial charge on any atom is 0.256 e. The van der Waals surface area contributed by atoms with Crippen LogP contribution in [0.4, 0.5) is 5.69 Å². The number of para-hydroxylation sites is 1. The molecule has 0 aliphatic carbocycles. The van der Waals surface area contributed by atoms with Crippen molar-refractivity contribution < 1.29 is 4.79 Å². The van der Waals surface area contributed by atoms with Crippen molar-refractivity contribution in [3.05, 3.63) is 29.8 Å². The van der Waals surface area contributed by atoms with Gasteiger partial charge in [0.1, 0.15) is 12.1 Å². The Balaban J connectivity index is 3.06. The third kappa shape index (κ3) is 2.99. The van der Waals surface area contributed by atoms with Crippen molar-refractivity contribution in [2.75, 3.05) is 11.9 Å². The molecule has 5 nitrogen and oxygen atoms in total. The van der Waals surface area contributed by atoms with Crippen LogP contribution in [0.5, 0.6) is 0 Å². The zero-order chi connectivity index (χ0) is 13.5. The summed E-state index contributed by atoms with van der Waals surface area (Å²) in [4.78, 5) is 13.6. The van der Waals surface area contributed by atoms with Crippen LogP contribution in [0, 0.1) is 11.3 Å². The average Bonchev–Trinajstić information content (AvgIpc) is 2.43. The van der Waals surface area contributed by atoms with Gasteiger partial charge >= 0.3 is 0 Å². The quantitative estimate of drug-likeness (QED) is 0.464. The first kappa shape index (κ1) is 14.0. The Bertz CT molecular complexity index is 453. The van der Waals surface area contributed by atoms with Gasteiger partial charge in [0.15, 0.2) is 0 Å². The summed E-state index contributed by atoms with van der Waals surface area (Å²) >= 11 is 0. The fourth-order valence-electron chi connectivity index (χ4n) is 1.91. The molecular formula is C13H18N4O. The first-order chi connectivity index (χ1) is 8.65. The third-order valence-electron chi connectivity index (χ3n) is 2.88. The fraction of sp³-hybridized carbons (Fsp3) is 0.385. The number of hydrogen-bond acceptors (Lipinski definition) is 4. The van der Waals surface area contributed by atoms with Crippen LogP contribution in [0.3, 0.4) is 0 Å². The molecular weight excluding hydrogens is 228 g/mol. The molecule has 5 heteroatoms. The van der Waals surface area contributed by atoms with E-state index in [0.29, 0.717) is 12.0 Å². The van der Waals surface area contributed by atoms with E-state index in [1.165, 1.54) is 0 Å². The molecule has 0 aromatic heterocycles. The van der Waals surface area contributed by atoms with Gasteiger partial charge < -0.3 is 4.90 Å². The molecule has 1 unspecified atom stereocenters. The van der Waals surface area contributed by atoms with Crippen LogP contribution >= 0.6 is 0 Å². The fourth-order valence-corrected chi connectivity index (χ4v) is 1.91. The van der Waals surface area contributed by atoms with Crippen LogP contribution in [0.1, 0.15) is 25.3 Å². The summed E-state index contributed by atoms with van der Waals surface area (Å²) < 4.78 is 0. The summed E-state index contributed by atoms with van der Waals surface area (Å²) in [5.74, 6) is 4.95. The summed E-state index contributed by atoms with van der Waals surface area (Å²) in [6, 6.07) is 8.96. The second kappa shape index (κ2) is 6.62. The lowest BCUT2D eigenvalue weighted by Crippen LogP contribution is -2.48. The first-order valence-electron chi connectivity index (χ1n) is 5.88. The highest BCUT2D eigenvalue weighted by Crippen LogP contribution is 2.22. The van der Waals surface area contributed by atoms with E-state index in [4.69, 9.17) is 11.1 Å². The smallest absolute Gasteiger partial charge is 0.256 e. The molecule has 0 heterocycles. The molecule has 1 aromatic rings. The Kier molecular flexibility index (Phi) is 5.15. The number of benzene rings is 1. The minimum Gasteiger partial charge on any atom is -0.362 e. The molecule has 0 saturated carbocycles. The number of carbonyl (C=O) groups is 1. The maximum atomic E-state index is 11.8. The van der Waals surface area contributed by atoms with Gasteiger partial charge in [-0.05, 0) is 18.6 Å². The van der Waals surface area contributed by atoms with Crippen LogP contribution in [-0.2, 0) is 4.79 Å². The lowest BCUT2D eigenvalue weighted by Gasteiger charge is -2.28. The van der Waals surface area contributed by atoms with Crippen molar-refractivity contribution in [2.45, 2.75) is 25.8 Å². The van der Waals surface area contributed by atoms with Crippen molar-refractivity contribution >= 4 is 11.6 Å². The van der Waals surface area contributed by atoms with Crippen molar-refractivity contribution in [1.29, 1.82) is 5.26 Å². The van der Waals surface area contributed by atoms with Crippen LogP contribution in [0.15, 0.2) is 24.3 Å². The number of nitrogens with one attached hydrogen (secondary N) is 1. The number of hydrogen-bond donors (Lipinski definition) is 2. The molecule has 0 saturated heterocycles. The molecule has 0 bridgehead atoms. The molecule has 1 atom stereocenters. The maximum absolute atomic E-state index is 11.8. The number of nitriles is 1. The summed E-state index contributed by atoms with van der Waals surface area (Å²) in [6.07, 6.45) is 1.54. The van der Waals surface area contributed by atoms with Gasteiger partial charge in [-0.3, -0.25) is 10.2 Å². The van der Waals surface area contributed by atoms with Gasteiger partial charge in [-0.1, -0.05) is 25.5 Å². The molecule has 96 valence electrons. The van der Waals surface area contributed by atoms with E-state index in [1.54, 1.807) is 24.1 Å². The predicted octanol–water partition coefficient (Wildman–Crippen LogP) is 1.15. The number of rotatable bonds is 5. The van der Waals surface area contributed by atoms with Gasteiger partial charge in [-0.25, -0.2) is 5.84 Å². The van der Waals surface area contributed by atoms with Gasteiger partial charge in [0, 0.05) is 7.05 Å². The van der Waals surface area contributed by atoms with Crippen LogP contribution in [-0.4, -0.2) is 19.0 Å². The number of anilines is 1. The SMILES string of the molecule is CCCC(C(=O)NN)N(C)c1ccccc1C#N. The molecule has 0 aliphatic rings. The molecule has 0 fully saturated rings. The Morgan fingerprint density at radius 3 is 2.78 bits per heavy atom. The first-order valence-corrected chi connectivity index (χ1v) is 5.88. The van der Waals surface area contributed by atoms with E-state index in [0.717, 1.165) is 12.1 Å². The van der Waals surface area contributed by atoms with E-state index in [2.05, 4.69) is 11.5 Å². The van der Waals surface area contributed by atoms with E-state index in [9.17, 15) is 4.79 Å². The molecule has 1 aromatic carbocycles. The number of nitrogens with two attached hydrogens (primary N) is 1. The highest BCUT2D eigenvalue weighted by molar-refractivity contribution is 5.85. The van der Waals surface area contributed by atoms with Gasteiger partial charge in [0.25, 0.3) is 5.91 Å². The normalized spacial score (nSPS) is 11.4. The lowest BCUT2D eigenvalue weighted by molar-refractivity contribution is -0.122. The Labute approximate surface area is 107 Å². The molecule has 0 spiro atoms. The lowest BCUT2D eigenvalue weighted by atomic mass is 10.1. The topological polar surface area (TPSA) is 82.2 Å². The van der Waals surface area contributed by atoms with E-state index in [1.807, 2.05) is 19.1 Å². The van der Waals surface area contributed by atoms with Gasteiger partial charge in [-0.15, -0.1) is 0 Å². The highest BCUT2D eigenvalue weighted by Gasteiger charge is 2.23. The monoisotopic (exact) mass is 246 g/mol. The van der Waals surface area contributed by atoms with Gasteiger partial charge in [0.2, 0.25) is 0 Å². The third-order valence-corrected chi connectivity index (χ3v) is 2.88. The van der Waals surface area contributed by atoms with Crippen LogP contribution < -0.4 is 16.2 Å². The molecule has 0 radical (unpaired) electrons. The van der Waals surface area contributed by atoms with E-state index in [-0.39, 0.29) is 11.9 Å². The summed E-state index contributed by atoms with van der Waals surface area (Å²) in [7, 11) is 1.80. The van der Waals surface area contributed by atoms with Crippen LogP contribution in [0.2, 0.25) is 0 Å². The zero-order valence-electron chi connectivity index (χ0n) is 10.7. The molecule has 1 amide bonds. The number of hydrazine groups is 1. The van der Waals surface area contributed by atoms with Crippen molar-refractivity contribution in [3.63, 3.8) is 0 Å². The number of likely N-dealkylation sites (N-methyl/N-ethyl adjacent to an activating group) is 1. The van der Waals surface area contributed by atoms with Crippen molar-refractivity contribution in [1.82, 2.24) is 5.43 Å². The second-order valence-corrected chi connectivity index (χ2v) is 4.05. The Morgan fingerprint density at radius 1 is 1.56 bits per heavy atom. The van der Waals surface area contributed by atoms with Crippen LogP contribution in [0.25, 0.3) is 0 Å². The highest BCUT2D eigenvalue weighted by atomic mass is 16.2. The average molecular weight is 246 g/mol. The standard InChI is InChI=1S/C13H18N4O/c1-3-6-12(13(18)16-15)17(2)11-8-5-4-7-10(11)9-14/h4-5,7-8,12H,3,6,15H2,1-2H3,(H,16,18). The molecule has 3 N–H and O–H groups in total. The minimum absolute atomic E-state index is 0.243. The molecule has 18 heavy (non-hydrogen) atoms. The van der Waals surface area contributed by atoms with Crippen molar-refractivity contribution in [2.24, 2.45) is 5.84 Å². The largest absolute Gasteiger partial charge is 0.362 e. The van der Waals surface area contributed by atoms with Gasteiger partial charge in [0.05, 0.1) is 11.3 Å². The molecule has 0 aliphatic heterocycles.